The first-order chi connectivity index (χ1) is 6.36. The summed E-state index contributed by atoms with van der Waals surface area (Å²) in [5, 5.41) is 2.78. The van der Waals surface area contributed by atoms with E-state index in [9.17, 15) is 4.79 Å². The Morgan fingerprint density at radius 2 is 2.38 bits per heavy atom. The maximum absolute atomic E-state index is 11.0. The van der Waals surface area contributed by atoms with Crippen LogP contribution in [-0.2, 0) is 4.79 Å². The molecule has 0 saturated carbocycles. The monoisotopic (exact) mass is 177 g/mol. The third kappa shape index (κ3) is 1.83. The number of nitrogens with zero attached hydrogens (tertiary/aromatic N) is 2. The first-order valence-corrected chi connectivity index (χ1v) is 4.37. The van der Waals surface area contributed by atoms with Gasteiger partial charge in [-0.05, 0) is 0 Å². The van der Waals surface area contributed by atoms with Crippen LogP contribution in [0.1, 0.15) is 12.8 Å². The summed E-state index contributed by atoms with van der Waals surface area (Å²) in [6, 6.07) is 0. The van der Waals surface area contributed by atoms with Crippen LogP contribution in [0.15, 0.2) is 21.9 Å². The number of nitrogens with one attached hydrogen (secondary N) is 1. The number of amides is 1. The maximum Gasteiger partial charge on any atom is 0.220 e. The Labute approximate surface area is 76.5 Å². The van der Waals surface area contributed by atoms with Gasteiger partial charge in [0.25, 0.3) is 0 Å². The lowest BCUT2D eigenvalue weighted by atomic mass is 10.1. The average Bonchev–Trinajstić information content (AvgIpc) is 2.43. The van der Waals surface area contributed by atoms with Crippen LogP contribution in [-0.4, -0.2) is 24.9 Å². The predicted molar refractivity (Wildman–Crippen MR) is 50.8 cm³/mol. The molecule has 0 aliphatic carbocycles. The van der Waals surface area contributed by atoms with Gasteiger partial charge in [0.15, 0.2) is 0 Å². The van der Waals surface area contributed by atoms with Crippen molar-refractivity contribution in [3.05, 3.63) is 11.9 Å². The lowest BCUT2D eigenvalue weighted by molar-refractivity contribution is -0.119. The molecule has 1 saturated heterocycles. The minimum Gasteiger partial charge on any atom is -0.355 e. The minimum absolute atomic E-state index is 0.106. The lowest BCUT2D eigenvalue weighted by Gasteiger charge is -2.04. The third-order valence-corrected chi connectivity index (χ3v) is 2.16. The van der Waals surface area contributed by atoms with Crippen LogP contribution in [0.4, 0.5) is 0 Å². The van der Waals surface area contributed by atoms with Crippen molar-refractivity contribution >= 4 is 18.3 Å². The SMILES string of the molecule is O=C1CC(C2=CN=CCC=N2)CN1. The van der Waals surface area contributed by atoms with Gasteiger partial charge in [-0.2, -0.15) is 0 Å². The van der Waals surface area contributed by atoms with Crippen LogP contribution in [0.2, 0.25) is 0 Å². The molecule has 0 aromatic rings. The fraction of sp³-hybridized carbons (Fsp3) is 0.444. The molecule has 0 aromatic carbocycles. The quantitative estimate of drug-likeness (QED) is 0.623. The Morgan fingerprint density at radius 3 is 3.15 bits per heavy atom. The van der Waals surface area contributed by atoms with Crippen molar-refractivity contribution in [2.24, 2.45) is 15.9 Å². The summed E-state index contributed by atoms with van der Waals surface area (Å²) < 4.78 is 0. The summed E-state index contributed by atoms with van der Waals surface area (Å²) in [5.74, 6) is 0.313. The molecular weight excluding hydrogens is 166 g/mol. The molecule has 4 heteroatoms. The number of rotatable bonds is 1. The molecule has 0 radical (unpaired) electrons. The van der Waals surface area contributed by atoms with Gasteiger partial charge in [0.2, 0.25) is 5.91 Å². The maximum atomic E-state index is 11.0. The summed E-state index contributed by atoms with van der Waals surface area (Å²) in [4.78, 5) is 19.3. The second kappa shape index (κ2) is 3.51. The number of carbonyl (C=O) groups excluding carboxylic acids is 1. The van der Waals surface area contributed by atoms with E-state index in [0.29, 0.717) is 13.0 Å². The van der Waals surface area contributed by atoms with Crippen molar-refractivity contribution in [3.63, 3.8) is 0 Å². The van der Waals surface area contributed by atoms with Gasteiger partial charge >= 0.3 is 0 Å². The molecule has 13 heavy (non-hydrogen) atoms. The normalized spacial score (nSPS) is 26.9. The van der Waals surface area contributed by atoms with E-state index in [-0.39, 0.29) is 11.8 Å². The van der Waals surface area contributed by atoms with Crippen LogP contribution in [0, 0.1) is 5.92 Å². The molecule has 2 heterocycles. The predicted octanol–water partition coefficient (Wildman–Crippen LogP) is 0.509. The van der Waals surface area contributed by atoms with E-state index < -0.39 is 0 Å². The number of hydrogen-bond donors (Lipinski definition) is 1. The van der Waals surface area contributed by atoms with Gasteiger partial charge in [0.1, 0.15) is 0 Å². The van der Waals surface area contributed by atoms with E-state index in [1.54, 1.807) is 12.4 Å². The van der Waals surface area contributed by atoms with Gasteiger partial charge in [0.05, 0.1) is 5.70 Å². The van der Waals surface area contributed by atoms with E-state index in [1.807, 2.05) is 6.21 Å². The largest absolute Gasteiger partial charge is 0.355 e. The number of hydrogen-bond acceptors (Lipinski definition) is 3. The fourth-order valence-electron chi connectivity index (χ4n) is 1.45. The summed E-state index contributed by atoms with van der Waals surface area (Å²) in [6.45, 7) is 0.692. The van der Waals surface area contributed by atoms with Crippen LogP contribution < -0.4 is 5.32 Å². The Hall–Kier alpha value is -1.45. The molecular formula is C9H11N3O. The highest BCUT2D eigenvalue weighted by molar-refractivity contribution is 5.82. The molecule has 0 bridgehead atoms. The zero-order valence-electron chi connectivity index (χ0n) is 7.23. The lowest BCUT2D eigenvalue weighted by Crippen LogP contribution is -2.14. The molecule has 0 spiro atoms. The molecule has 0 aromatic heterocycles. The molecule has 1 atom stereocenters. The molecule has 1 fully saturated rings. The smallest absolute Gasteiger partial charge is 0.220 e. The Bertz CT molecular complexity index is 304. The summed E-state index contributed by atoms with van der Waals surface area (Å²) in [6.07, 6.45) is 6.69. The van der Waals surface area contributed by atoms with Gasteiger partial charge in [-0.25, -0.2) is 0 Å². The third-order valence-electron chi connectivity index (χ3n) is 2.16. The zero-order valence-corrected chi connectivity index (χ0v) is 7.23. The molecule has 4 nitrogen and oxygen atoms in total. The van der Waals surface area contributed by atoms with E-state index in [0.717, 1.165) is 12.1 Å². The highest BCUT2D eigenvalue weighted by Crippen LogP contribution is 2.20. The van der Waals surface area contributed by atoms with Crippen molar-refractivity contribution in [3.8, 4) is 0 Å². The molecule has 1 amide bonds. The van der Waals surface area contributed by atoms with E-state index in [4.69, 9.17) is 0 Å². The van der Waals surface area contributed by atoms with Gasteiger partial charge in [0, 0.05) is 43.9 Å². The van der Waals surface area contributed by atoms with Crippen molar-refractivity contribution < 1.29 is 4.79 Å². The van der Waals surface area contributed by atoms with Crippen LogP contribution >= 0.6 is 0 Å². The van der Waals surface area contributed by atoms with Crippen LogP contribution in [0.25, 0.3) is 0 Å². The summed E-state index contributed by atoms with van der Waals surface area (Å²) in [7, 11) is 0. The number of carbonyl (C=O) groups is 1. The zero-order chi connectivity index (χ0) is 9.10. The standard InChI is InChI=1S/C9H11N3O/c13-9-4-7(5-12-9)8-6-10-2-1-3-11-8/h2-3,6-7H,1,4-5H2,(H,12,13). The van der Waals surface area contributed by atoms with Crippen molar-refractivity contribution in [2.75, 3.05) is 6.54 Å². The van der Waals surface area contributed by atoms with Gasteiger partial charge in [-0.3, -0.25) is 14.8 Å². The fourth-order valence-corrected chi connectivity index (χ4v) is 1.45. The second-order valence-electron chi connectivity index (χ2n) is 3.14. The van der Waals surface area contributed by atoms with Crippen LogP contribution in [0.3, 0.4) is 0 Å². The minimum atomic E-state index is 0.106. The molecule has 1 unspecified atom stereocenters. The highest BCUT2D eigenvalue weighted by Gasteiger charge is 2.24. The molecule has 1 N–H and O–H groups in total. The molecule has 2 rings (SSSR count). The van der Waals surface area contributed by atoms with Crippen molar-refractivity contribution in [2.45, 2.75) is 12.8 Å². The Morgan fingerprint density at radius 1 is 1.46 bits per heavy atom. The van der Waals surface area contributed by atoms with Gasteiger partial charge in [-0.1, -0.05) is 0 Å². The molecule has 2 aliphatic heterocycles. The van der Waals surface area contributed by atoms with Crippen LogP contribution in [0.5, 0.6) is 0 Å². The topological polar surface area (TPSA) is 53.8 Å². The van der Waals surface area contributed by atoms with Gasteiger partial charge in [-0.15, -0.1) is 0 Å². The number of aliphatic imine (C=N–C) groups is 2. The van der Waals surface area contributed by atoms with E-state index >= 15 is 0 Å². The van der Waals surface area contributed by atoms with E-state index in [1.165, 1.54) is 0 Å². The molecule has 68 valence electrons. The van der Waals surface area contributed by atoms with E-state index in [2.05, 4.69) is 15.3 Å². The molecule has 2 aliphatic rings. The van der Waals surface area contributed by atoms with Gasteiger partial charge < -0.3 is 5.32 Å². The summed E-state index contributed by atoms with van der Waals surface area (Å²) in [5.41, 5.74) is 0.909. The Balaban J connectivity index is 2.11. The Kier molecular flexibility index (Phi) is 2.21. The summed E-state index contributed by atoms with van der Waals surface area (Å²) >= 11 is 0. The van der Waals surface area contributed by atoms with Crippen molar-refractivity contribution in [1.82, 2.24) is 5.32 Å². The second-order valence-corrected chi connectivity index (χ2v) is 3.14. The van der Waals surface area contributed by atoms with Crippen molar-refractivity contribution in [1.29, 1.82) is 0 Å². The first-order valence-electron chi connectivity index (χ1n) is 4.37. The first kappa shape index (κ1) is 8.16. The highest BCUT2D eigenvalue weighted by atomic mass is 16.1. The average molecular weight is 177 g/mol.